The molecule has 0 aromatic carbocycles. The average Bonchev–Trinajstić information content (AvgIpc) is 3.33. The lowest BCUT2D eigenvalue weighted by molar-refractivity contribution is -0.0264. The number of amides is 1. The van der Waals surface area contributed by atoms with Gasteiger partial charge in [-0.15, -0.1) is 0 Å². The van der Waals surface area contributed by atoms with Gasteiger partial charge < -0.3 is 14.6 Å². The summed E-state index contributed by atoms with van der Waals surface area (Å²) in [5.41, 5.74) is 1.53. The molecule has 1 atom stereocenters. The van der Waals surface area contributed by atoms with Crippen molar-refractivity contribution in [1.29, 1.82) is 0 Å². The van der Waals surface area contributed by atoms with Crippen LogP contribution in [0.5, 0.6) is 0 Å². The van der Waals surface area contributed by atoms with E-state index in [0.29, 0.717) is 25.3 Å². The molecule has 1 saturated heterocycles. The molecule has 3 aromatic rings. The first kappa shape index (κ1) is 15.5. The Balaban J connectivity index is 1.48. The number of hydrogen-bond acceptors (Lipinski definition) is 5. The summed E-state index contributed by atoms with van der Waals surface area (Å²) >= 11 is 0. The predicted octanol–water partition coefficient (Wildman–Crippen LogP) is 1.51. The molecule has 0 aliphatic carbocycles. The summed E-state index contributed by atoms with van der Waals surface area (Å²) in [4.78, 5) is 30.4. The highest BCUT2D eigenvalue weighted by Gasteiger charge is 2.27. The van der Waals surface area contributed by atoms with E-state index in [2.05, 4.69) is 19.9 Å². The number of nitrogens with zero attached hydrogens (tertiary/aromatic N) is 5. The molecule has 8 nitrogen and oxygen atoms in total. The summed E-state index contributed by atoms with van der Waals surface area (Å²) in [6.45, 7) is 3.44. The van der Waals surface area contributed by atoms with Crippen LogP contribution in [0.25, 0.3) is 5.82 Å². The summed E-state index contributed by atoms with van der Waals surface area (Å²) in [6, 6.07) is 3.59. The first-order valence-corrected chi connectivity index (χ1v) is 8.07. The van der Waals surface area contributed by atoms with Crippen LogP contribution in [0, 0.1) is 6.92 Å². The van der Waals surface area contributed by atoms with Gasteiger partial charge in [-0.3, -0.25) is 9.36 Å². The third kappa shape index (κ3) is 3.16. The van der Waals surface area contributed by atoms with Crippen molar-refractivity contribution in [3.8, 4) is 5.82 Å². The molecule has 3 aromatic heterocycles. The Kier molecular flexibility index (Phi) is 4.02. The van der Waals surface area contributed by atoms with Crippen LogP contribution < -0.4 is 0 Å². The number of hydrogen-bond donors (Lipinski definition) is 1. The van der Waals surface area contributed by atoms with Crippen molar-refractivity contribution in [3.05, 3.63) is 60.3 Å². The van der Waals surface area contributed by atoms with E-state index in [1.165, 1.54) is 0 Å². The second-order valence-corrected chi connectivity index (χ2v) is 5.94. The van der Waals surface area contributed by atoms with Crippen molar-refractivity contribution in [3.63, 3.8) is 0 Å². The number of morpholine rings is 1. The minimum atomic E-state index is -0.232. The van der Waals surface area contributed by atoms with Crippen molar-refractivity contribution in [2.24, 2.45) is 0 Å². The fraction of sp³-hybridized carbons (Fsp3) is 0.294. The third-order valence-corrected chi connectivity index (χ3v) is 4.14. The van der Waals surface area contributed by atoms with Gasteiger partial charge in [-0.2, -0.15) is 0 Å². The van der Waals surface area contributed by atoms with Crippen LogP contribution in [0.2, 0.25) is 0 Å². The smallest absolute Gasteiger partial charge is 0.255 e. The number of aryl methyl sites for hydroxylation is 1. The largest absolute Gasteiger partial charge is 0.367 e. The number of carbonyl (C=O) groups is 1. The van der Waals surface area contributed by atoms with Gasteiger partial charge in [0.2, 0.25) is 0 Å². The van der Waals surface area contributed by atoms with E-state index in [9.17, 15) is 4.79 Å². The maximum atomic E-state index is 12.8. The van der Waals surface area contributed by atoms with Crippen molar-refractivity contribution < 1.29 is 9.53 Å². The first-order valence-electron chi connectivity index (χ1n) is 8.07. The van der Waals surface area contributed by atoms with Crippen LogP contribution in [0.4, 0.5) is 0 Å². The lowest BCUT2D eigenvalue weighted by Crippen LogP contribution is -2.42. The summed E-state index contributed by atoms with van der Waals surface area (Å²) in [5.74, 6) is 1.42. The number of carbonyl (C=O) groups excluding carboxylic acids is 1. The van der Waals surface area contributed by atoms with E-state index >= 15 is 0 Å². The maximum Gasteiger partial charge on any atom is 0.255 e. The topological polar surface area (TPSA) is 88.9 Å². The lowest BCUT2D eigenvalue weighted by Gasteiger charge is -2.32. The Labute approximate surface area is 144 Å². The molecule has 1 fully saturated rings. The molecule has 4 rings (SSSR count). The van der Waals surface area contributed by atoms with Crippen LogP contribution in [0.1, 0.15) is 28.0 Å². The minimum Gasteiger partial charge on any atom is -0.367 e. The molecule has 25 heavy (non-hydrogen) atoms. The summed E-state index contributed by atoms with van der Waals surface area (Å²) in [6.07, 6.45) is 8.29. The zero-order valence-corrected chi connectivity index (χ0v) is 13.8. The second kappa shape index (κ2) is 6.48. The Morgan fingerprint density at radius 3 is 2.92 bits per heavy atom. The van der Waals surface area contributed by atoms with E-state index in [1.807, 2.05) is 19.2 Å². The molecule has 8 heteroatoms. The SMILES string of the molecule is Cc1cnc(C2CN(C(=O)c3ccc(-n4ccnc4)nc3)CCO2)[nH]1. The van der Waals surface area contributed by atoms with E-state index in [0.717, 1.165) is 17.3 Å². The van der Waals surface area contributed by atoms with Crippen molar-refractivity contribution in [2.45, 2.75) is 13.0 Å². The van der Waals surface area contributed by atoms with Crippen LogP contribution >= 0.6 is 0 Å². The van der Waals surface area contributed by atoms with Gasteiger partial charge in [0.05, 0.1) is 18.7 Å². The summed E-state index contributed by atoms with van der Waals surface area (Å²) < 4.78 is 7.54. The van der Waals surface area contributed by atoms with E-state index < -0.39 is 0 Å². The van der Waals surface area contributed by atoms with Crippen LogP contribution in [0.15, 0.2) is 43.2 Å². The van der Waals surface area contributed by atoms with Crippen molar-refractivity contribution >= 4 is 5.91 Å². The Hall–Kier alpha value is -3.00. The number of imidazole rings is 2. The van der Waals surface area contributed by atoms with E-state index in [-0.39, 0.29) is 12.0 Å². The van der Waals surface area contributed by atoms with Gasteiger partial charge in [0.15, 0.2) is 0 Å². The van der Waals surface area contributed by atoms with Gasteiger partial charge in [-0.25, -0.2) is 15.0 Å². The molecule has 1 aliphatic rings. The zero-order valence-electron chi connectivity index (χ0n) is 13.8. The predicted molar refractivity (Wildman–Crippen MR) is 89.3 cm³/mol. The molecule has 1 unspecified atom stereocenters. The summed E-state index contributed by atoms with van der Waals surface area (Å²) in [7, 11) is 0. The average molecular weight is 338 g/mol. The molecule has 0 spiro atoms. The van der Waals surface area contributed by atoms with E-state index in [4.69, 9.17) is 4.74 Å². The highest BCUT2D eigenvalue weighted by Crippen LogP contribution is 2.21. The number of ether oxygens (including phenoxy) is 1. The van der Waals surface area contributed by atoms with Crippen LogP contribution in [0.3, 0.4) is 0 Å². The molecule has 1 amide bonds. The highest BCUT2D eigenvalue weighted by atomic mass is 16.5. The fourth-order valence-corrected chi connectivity index (χ4v) is 2.84. The fourth-order valence-electron chi connectivity index (χ4n) is 2.84. The highest BCUT2D eigenvalue weighted by molar-refractivity contribution is 5.94. The molecule has 128 valence electrons. The summed E-state index contributed by atoms with van der Waals surface area (Å²) in [5, 5.41) is 0. The van der Waals surface area contributed by atoms with Gasteiger partial charge in [0, 0.05) is 37.0 Å². The number of H-pyrrole nitrogens is 1. The minimum absolute atomic E-state index is 0.0544. The van der Waals surface area contributed by atoms with Gasteiger partial charge in [-0.1, -0.05) is 0 Å². The second-order valence-electron chi connectivity index (χ2n) is 5.94. The number of pyridine rings is 1. The molecule has 0 radical (unpaired) electrons. The van der Waals surface area contributed by atoms with Gasteiger partial charge in [0.25, 0.3) is 5.91 Å². The zero-order chi connectivity index (χ0) is 17.2. The van der Waals surface area contributed by atoms with Crippen LogP contribution in [-0.2, 0) is 4.74 Å². The molecular formula is C17H18N6O2. The standard InChI is InChI=1S/C17H18N6O2/c1-12-8-20-16(21-12)14-10-22(6-7-25-14)17(24)13-2-3-15(19-9-13)23-5-4-18-11-23/h2-5,8-9,11,14H,6-7,10H2,1H3,(H,20,21). The van der Waals surface area contributed by atoms with Gasteiger partial charge >= 0.3 is 0 Å². The Morgan fingerprint density at radius 2 is 2.24 bits per heavy atom. The monoisotopic (exact) mass is 338 g/mol. The Bertz CT molecular complexity index is 856. The van der Waals surface area contributed by atoms with Crippen molar-refractivity contribution in [1.82, 2.24) is 29.4 Å². The molecule has 1 N–H and O–H groups in total. The van der Waals surface area contributed by atoms with Crippen molar-refractivity contribution in [2.75, 3.05) is 19.7 Å². The number of nitrogens with one attached hydrogen (secondary N) is 1. The number of rotatable bonds is 3. The molecule has 1 aliphatic heterocycles. The van der Waals surface area contributed by atoms with Gasteiger partial charge in [-0.05, 0) is 19.1 Å². The van der Waals surface area contributed by atoms with E-state index in [1.54, 1.807) is 40.5 Å². The van der Waals surface area contributed by atoms with Gasteiger partial charge in [0.1, 0.15) is 24.1 Å². The van der Waals surface area contributed by atoms with Crippen LogP contribution in [-0.4, -0.2) is 55.0 Å². The molecule has 0 bridgehead atoms. The first-order chi connectivity index (χ1) is 12.2. The molecular weight excluding hydrogens is 320 g/mol. The number of aromatic nitrogens is 5. The third-order valence-electron chi connectivity index (χ3n) is 4.14. The molecule has 4 heterocycles. The number of aromatic amines is 1. The Morgan fingerprint density at radius 1 is 1.32 bits per heavy atom. The molecule has 0 saturated carbocycles. The maximum absolute atomic E-state index is 12.8. The normalized spacial score (nSPS) is 17.6. The quantitative estimate of drug-likeness (QED) is 0.782. The lowest BCUT2D eigenvalue weighted by atomic mass is 10.2.